The number of aromatic nitrogens is 3. The smallest absolute Gasteiger partial charge is 0.149 e. The third kappa shape index (κ3) is 5.98. The van der Waals surface area contributed by atoms with Gasteiger partial charge >= 0.3 is 0 Å². The van der Waals surface area contributed by atoms with Crippen LogP contribution >= 0.6 is 0 Å². The van der Waals surface area contributed by atoms with Gasteiger partial charge in [-0.1, -0.05) is 165 Å². The van der Waals surface area contributed by atoms with Gasteiger partial charge in [-0.3, -0.25) is 4.40 Å². The van der Waals surface area contributed by atoms with Gasteiger partial charge in [-0.05, 0) is 127 Å². The Balaban J connectivity index is 1.15. The Bertz CT molecular complexity index is 3320. The summed E-state index contributed by atoms with van der Waals surface area (Å²) in [4.78, 5) is 10.6. The fourth-order valence-electron chi connectivity index (χ4n) is 8.81. The van der Waals surface area contributed by atoms with E-state index < -0.39 is 0 Å². The van der Waals surface area contributed by atoms with Crippen LogP contribution in [0.25, 0.3) is 118 Å². The number of hydrogen-bond acceptors (Lipinski definition) is 2. The molecule has 3 nitrogen and oxygen atoms in total. The van der Waals surface area contributed by atoms with Crippen LogP contribution in [0.3, 0.4) is 0 Å². The molecule has 0 aliphatic rings. The molecule has 0 aliphatic heterocycles. The molecule has 280 valence electrons. The van der Waals surface area contributed by atoms with Gasteiger partial charge in [0, 0.05) is 10.9 Å². The molecule has 0 unspecified atom stereocenters. The van der Waals surface area contributed by atoms with Crippen molar-refractivity contribution in [1.29, 1.82) is 0 Å². The Morgan fingerprint density at radius 2 is 1.03 bits per heavy atom. The summed E-state index contributed by atoms with van der Waals surface area (Å²) in [6.45, 7) is 12.3. The molecule has 0 saturated heterocycles. The van der Waals surface area contributed by atoms with Gasteiger partial charge in [0.2, 0.25) is 0 Å². The average Bonchev–Trinajstić information content (AvgIpc) is 3.66. The van der Waals surface area contributed by atoms with E-state index in [1.54, 1.807) is 0 Å². The van der Waals surface area contributed by atoms with Crippen LogP contribution in [0.5, 0.6) is 0 Å². The minimum Gasteiger partial charge on any atom is -0.276 e. The molecule has 0 N–H and O–H groups in total. The molecular weight excluding hydrogens is 715 g/mol. The normalized spacial score (nSPS) is 11.9. The molecule has 0 aliphatic carbocycles. The Morgan fingerprint density at radius 3 is 1.69 bits per heavy atom. The topological polar surface area (TPSA) is 30.2 Å². The van der Waals surface area contributed by atoms with E-state index in [0.717, 1.165) is 67.1 Å². The molecule has 0 fully saturated rings. The monoisotopic (exact) mass is 755 g/mol. The van der Waals surface area contributed by atoms with Crippen LogP contribution in [0, 0.1) is 0 Å². The molecule has 0 bridgehead atoms. The molecule has 0 atom stereocenters. The van der Waals surface area contributed by atoms with Crippen molar-refractivity contribution < 1.29 is 0 Å². The lowest BCUT2D eigenvalue weighted by Gasteiger charge is -2.18. The van der Waals surface area contributed by atoms with Crippen molar-refractivity contribution in [2.24, 2.45) is 0 Å². The van der Waals surface area contributed by atoms with E-state index in [2.05, 4.69) is 194 Å². The number of fused-ring (bicyclic) bond motifs is 6. The highest BCUT2D eigenvalue weighted by Gasteiger charge is 2.20. The van der Waals surface area contributed by atoms with Gasteiger partial charge in [-0.15, -0.1) is 0 Å². The van der Waals surface area contributed by atoms with E-state index in [-0.39, 0.29) is 0 Å². The molecule has 3 heteroatoms. The number of nitrogens with zero attached hydrogens (tertiary/aromatic N) is 3. The third-order valence-corrected chi connectivity index (χ3v) is 11.5. The van der Waals surface area contributed by atoms with Crippen LogP contribution < -0.4 is 0 Å². The lowest BCUT2D eigenvalue weighted by atomic mass is 9.85. The zero-order valence-electron chi connectivity index (χ0n) is 33.2. The summed E-state index contributed by atoms with van der Waals surface area (Å²) < 4.78 is 2.19. The van der Waals surface area contributed by atoms with Gasteiger partial charge in [0.15, 0.2) is 0 Å². The number of hydrogen-bond donors (Lipinski definition) is 0. The summed E-state index contributed by atoms with van der Waals surface area (Å²) in [6, 6.07) is 54.8. The van der Waals surface area contributed by atoms with Gasteiger partial charge in [0.1, 0.15) is 11.5 Å². The zero-order valence-corrected chi connectivity index (χ0v) is 33.2. The molecular formula is C56H41N3. The predicted octanol–water partition coefficient (Wildman–Crippen LogP) is 15.4. The van der Waals surface area contributed by atoms with Crippen molar-refractivity contribution in [2.45, 2.75) is 13.8 Å². The Morgan fingerprint density at radius 1 is 0.458 bits per heavy atom. The first kappa shape index (κ1) is 35.8. The SMILES string of the molecule is C=Cc1ccc(-c2c3ccccc3c(-c3ccc(-c4nc5ccc(-c6ccc7ccccc7c6)cc5c5nc(C=C)c(/C=C\C)n45)cc3)c3ccccc23)cc1/C=C\C. The summed E-state index contributed by atoms with van der Waals surface area (Å²) >= 11 is 0. The van der Waals surface area contributed by atoms with E-state index >= 15 is 0 Å². The minimum atomic E-state index is 0.821. The van der Waals surface area contributed by atoms with E-state index in [0.29, 0.717) is 0 Å². The first-order valence-corrected chi connectivity index (χ1v) is 20.1. The van der Waals surface area contributed by atoms with Crippen LogP contribution in [0.15, 0.2) is 177 Å². The Labute approximate surface area is 344 Å². The van der Waals surface area contributed by atoms with Crippen LogP contribution in [0.4, 0.5) is 0 Å². The van der Waals surface area contributed by atoms with Gasteiger partial charge in [0.05, 0.1) is 16.9 Å². The number of allylic oxidation sites excluding steroid dienone is 2. The maximum Gasteiger partial charge on any atom is 0.149 e. The molecule has 10 rings (SSSR count). The molecule has 0 radical (unpaired) electrons. The zero-order chi connectivity index (χ0) is 40.0. The maximum absolute atomic E-state index is 5.37. The molecule has 59 heavy (non-hydrogen) atoms. The number of rotatable bonds is 8. The molecule has 2 aromatic heterocycles. The lowest BCUT2D eigenvalue weighted by molar-refractivity contribution is 1.11. The third-order valence-electron chi connectivity index (χ3n) is 11.5. The molecule has 0 amide bonds. The number of imidazole rings is 1. The summed E-state index contributed by atoms with van der Waals surface area (Å²) in [5.41, 5.74) is 13.9. The summed E-state index contributed by atoms with van der Waals surface area (Å²) in [7, 11) is 0. The van der Waals surface area contributed by atoms with Gasteiger partial charge in [0.25, 0.3) is 0 Å². The largest absolute Gasteiger partial charge is 0.276 e. The van der Waals surface area contributed by atoms with Crippen molar-refractivity contribution >= 4 is 73.2 Å². The molecule has 0 spiro atoms. The highest BCUT2D eigenvalue weighted by atomic mass is 15.1. The van der Waals surface area contributed by atoms with Crippen molar-refractivity contribution in [1.82, 2.24) is 14.4 Å². The van der Waals surface area contributed by atoms with Crippen molar-refractivity contribution in [3.05, 3.63) is 199 Å². The molecule has 10 aromatic rings. The second kappa shape index (κ2) is 14.7. The van der Waals surface area contributed by atoms with Gasteiger partial charge in [-0.25, -0.2) is 9.97 Å². The Hall–Kier alpha value is -7.62. The van der Waals surface area contributed by atoms with E-state index in [4.69, 9.17) is 9.97 Å². The van der Waals surface area contributed by atoms with Crippen LogP contribution in [0.1, 0.15) is 36.4 Å². The summed E-state index contributed by atoms with van der Waals surface area (Å²) in [6.07, 6.45) is 12.2. The fraction of sp³-hybridized carbons (Fsp3) is 0.0357. The number of benzene rings is 8. The van der Waals surface area contributed by atoms with Crippen molar-refractivity contribution in [2.75, 3.05) is 0 Å². The summed E-state index contributed by atoms with van der Waals surface area (Å²) in [5.74, 6) is 0.830. The molecule has 0 saturated carbocycles. The highest BCUT2D eigenvalue weighted by molar-refractivity contribution is 6.21. The van der Waals surface area contributed by atoms with Crippen LogP contribution in [-0.2, 0) is 0 Å². The van der Waals surface area contributed by atoms with Gasteiger partial charge < -0.3 is 0 Å². The quantitative estimate of drug-likeness (QED) is 0.145. The van der Waals surface area contributed by atoms with Gasteiger partial charge in [-0.2, -0.15) is 0 Å². The maximum atomic E-state index is 5.37. The first-order valence-electron chi connectivity index (χ1n) is 20.1. The summed E-state index contributed by atoms with van der Waals surface area (Å²) in [5, 5.41) is 8.29. The lowest BCUT2D eigenvalue weighted by Crippen LogP contribution is -2.00. The van der Waals surface area contributed by atoms with Crippen molar-refractivity contribution in [3.8, 4) is 44.8 Å². The standard InChI is InChI=1S/C56H41N3/c1-5-15-40-34-44(30-23-36(40)7-3)54-47-21-13-11-19-45(47)53(46-20-12-14-22-48(46)54)38-25-27-39(28-26-38)55-58-51-32-31-43(42-29-24-37-17-9-10-18-41(37)33-42)35-49(51)56-57-50(8-4)52(16-6-2)59(55)56/h5-35H,3-4H2,1-2H3/b15-5-,16-6-. The highest BCUT2D eigenvalue weighted by Crippen LogP contribution is 2.44. The molecule has 2 heterocycles. The van der Waals surface area contributed by atoms with E-state index in [9.17, 15) is 0 Å². The fourth-order valence-corrected chi connectivity index (χ4v) is 8.81. The van der Waals surface area contributed by atoms with E-state index in [1.165, 1.54) is 49.0 Å². The Kier molecular flexibility index (Phi) is 8.92. The van der Waals surface area contributed by atoms with Crippen LogP contribution in [0.2, 0.25) is 0 Å². The average molecular weight is 756 g/mol. The van der Waals surface area contributed by atoms with E-state index in [1.807, 2.05) is 25.2 Å². The minimum absolute atomic E-state index is 0.821. The predicted molar refractivity (Wildman–Crippen MR) is 254 cm³/mol. The first-order chi connectivity index (χ1) is 29.1. The second-order valence-corrected chi connectivity index (χ2v) is 14.9. The second-order valence-electron chi connectivity index (χ2n) is 14.9. The van der Waals surface area contributed by atoms with Crippen molar-refractivity contribution in [3.63, 3.8) is 0 Å². The molecule has 8 aromatic carbocycles. The van der Waals surface area contributed by atoms with Crippen LogP contribution in [-0.4, -0.2) is 14.4 Å².